The number of carbonyl (C=O) groups is 1. The monoisotopic (exact) mass is 450 g/mol. The van der Waals surface area contributed by atoms with Gasteiger partial charge in [0.15, 0.2) is 0 Å². The molecule has 6 heteroatoms. The van der Waals surface area contributed by atoms with Gasteiger partial charge in [-0.15, -0.1) is 11.3 Å². The van der Waals surface area contributed by atoms with E-state index >= 15 is 0 Å². The zero-order valence-electron chi connectivity index (χ0n) is 18.1. The van der Waals surface area contributed by atoms with Gasteiger partial charge in [0.2, 0.25) is 0 Å². The molecule has 4 nitrogen and oxygen atoms in total. The molecule has 3 aromatic rings. The van der Waals surface area contributed by atoms with Crippen molar-refractivity contribution in [2.75, 3.05) is 26.2 Å². The van der Waals surface area contributed by atoms with Gasteiger partial charge >= 0.3 is 0 Å². The third-order valence-corrected chi connectivity index (χ3v) is 7.32. The fourth-order valence-corrected chi connectivity index (χ4v) is 5.36. The van der Waals surface area contributed by atoms with E-state index in [2.05, 4.69) is 17.0 Å². The average Bonchev–Trinajstić information content (AvgIpc) is 3.48. The second-order valence-electron chi connectivity index (χ2n) is 8.55. The van der Waals surface area contributed by atoms with Gasteiger partial charge in [0.1, 0.15) is 18.2 Å². The Hall–Kier alpha value is -2.70. The van der Waals surface area contributed by atoms with Gasteiger partial charge in [-0.1, -0.05) is 24.3 Å². The van der Waals surface area contributed by atoms with Crippen LogP contribution in [0.2, 0.25) is 0 Å². The Kier molecular flexibility index (Phi) is 6.23. The molecule has 1 aliphatic heterocycles. The number of amides is 1. The highest BCUT2D eigenvalue weighted by atomic mass is 32.1. The zero-order valence-corrected chi connectivity index (χ0v) is 18.9. The summed E-state index contributed by atoms with van der Waals surface area (Å²) in [7, 11) is 0. The van der Waals surface area contributed by atoms with Crippen LogP contribution < -0.4 is 4.74 Å². The van der Waals surface area contributed by atoms with Crippen LogP contribution in [0.3, 0.4) is 0 Å². The van der Waals surface area contributed by atoms with Crippen molar-refractivity contribution in [2.24, 2.45) is 0 Å². The minimum atomic E-state index is -0.167. The molecule has 0 atom stereocenters. The largest absolute Gasteiger partial charge is 0.489 e. The number of thiophene rings is 1. The fraction of sp³-hybridized carbons (Fsp3) is 0.346. The second kappa shape index (κ2) is 9.43. The average molecular weight is 451 g/mol. The first-order valence-electron chi connectivity index (χ1n) is 11.2. The summed E-state index contributed by atoms with van der Waals surface area (Å²) in [6, 6.07) is 15.2. The minimum Gasteiger partial charge on any atom is -0.489 e. The van der Waals surface area contributed by atoms with Crippen LogP contribution in [0, 0.1) is 5.82 Å². The zero-order chi connectivity index (χ0) is 21.9. The Morgan fingerprint density at radius 3 is 2.66 bits per heavy atom. The summed E-state index contributed by atoms with van der Waals surface area (Å²) in [6.45, 7) is 3.87. The number of hydrogen-bond acceptors (Lipinski definition) is 4. The van der Waals surface area contributed by atoms with Gasteiger partial charge in [-0.05, 0) is 60.0 Å². The molecule has 0 unspecified atom stereocenters. The van der Waals surface area contributed by atoms with Gasteiger partial charge < -0.3 is 9.64 Å². The van der Waals surface area contributed by atoms with E-state index in [1.165, 1.54) is 41.4 Å². The van der Waals surface area contributed by atoms with Crippen LogP contribution in [0.25, 0.3) is 0 Å². The number of hydrogen-bond donors (Lipinski definition) is 0. The van der Waals surface area contributed by atoms with Crippen molar-refractivity contribution in [3.63, 3.8) is 0 Å². The molecule has 166 valence electrons. The summed E-state index contributed by atoms with van der Waals surface area (Å²) in [4.78, 5) is 17.8. The minimum absolute atomic E-state index is 0.0734. The number of ether oxygens (including phenoxy) is 1. The number of nitrogens with zero attached hydrogens (tertiary/aromatic N) is 2. The highest BCUT2D eigenvalue weighted by Gasteiger charge is 2.24. The van der Waals surface area contributed by atoms with Gasteiger partial charge in [-0.3, -0.25) is 9.69 Å². The maximum atomic E-state index is 13.9. The van der Waals surface area contributed by atoms with E-state index in [-0.39, 0.29) is 11.7 Å². The molecule has 2 heterocycles. The molecule has 0 bridgehead atoms. The Morgan fingerprint density at radius 2 is 1.81 bits per heavy atom. The Morgan fingerprint density at radius 1 is 1.00 bits per heavy atom. The van der Waals surface area contributed by atoms with Crippen molar-refractivity contribution in [1.29, 1.82) is 0 Å². The quantitative estimate of drug-likeness (QED) is 0.535. The number of aryl methyl sites for hydroxylation is 2. The van der Waals surface area contributed by atoms with Gasteiger partial charge in [-0.25, -0.2) is 4.39 Å². The predicted octanol–water partition coefficient (Wildman–Crippen LogP) is 4.91. The topological polar surface area (TPSA) is 32.8 Å². The summed E-state index contributed by atoms with van der Waals surface area (Å²) in [5.41, 5.74) is 4.57. The third kappa shape index (κ3) is 4.71. The lowest BCUT2D eigenvalue weighted by atomic mass is 10.1. The summed E-state index contributed by atoms with van der Waals surface area (Å²) in [5, 5.41) is 2.01. The molecule has 1 fully saturated rings. The predicted molar refractivity (Wildman–Crippen MR) is 125 cm³/mol. The maximum absolute atomic E-state index is 13.9. The summed E-state index contributed by atoms with van der Waals surface area (Å²) < 4.78 is 19.9. The SMILES string of the molecule is O=C(c1cc(COc2ccc3c(c2)CCC3)cs1)N1CCN(Cc2ccccc2F)CC1. The molecule has 1 aromatic heterocycles. The Bertz CT molecular complexity index is 1100. The molecule has 0 spiro atoms. The van der Waals surface area contributed by atoms with Gasteiger partial charge in [0, 0.05) is 43.9 Å². The highest BCUT2D eigenvalue weighted by Crippen LogP contribution is 2.27. The second-order valence-corrected chi connectivity index (χ2v) is 9.46. The normalized spacial score (nSPS) is 16.2. The fourth-order valence-electron chi connectivity index (χ4n) is 4.50. The van der Waals surface area contributed by atoms with Crippen LogP contribution in [0.15, 0.2) is 53.9 Å². The van der Waals surface area contributed by atoms with Crippen molar-refractivity contribution >= 4 is 17.2 Å². The lowest BCUT2D eigenvalue weighted by Crippen LogP contribution is -2.48. The molecule has 32 heavy (non-hydrogen) atoms. The van der Waals surface area contributed by atoms with E-state index in [0.717, 1.165) is 35.7 Å². The summed E-state index contributed by atoms with van der Waals surface area (Å²) in [5.74, 6) is 0.805. The van der Waals surface area contributed by atoms with E-state index in [0.29, 0.717) is 31.8 Å². The van der Waals surface area contributed by atoms with Crippen LogP contribution in [-0.2, 0) is 26.0 Å². The third-order valence-electron chi connectivity index (χ3n) is 6.35. The molecule has 0 radical (unpaired) electrons. The van der Waals surface area contributed by atoms with E-state index in [1.54, 1.807) is 6.07 Å². The van der Waals surface area contributed by atoms with Crippen LogP contribution in [0.4, 0.5) is 4.39 Å². The number of benzene rings is 2. The Labute approximate surface area is 192 Å². The molecule has 5 rings (SSSR count). The van der Waals surface area contributed by atoms with E-state index in [9.17, 15) is 9.18 Å². The van der Waals surface area contributed by atoms with Crippen LogP contribution in [0.5, 0.6) is 5.75 Å². The lowest BCUT2D eigenvalue weighted by Gasteiger charge is -2.34. The number of piperazine rings is 1. The van der Waals surface area contributed by atoms with Crippen LogP contribution in [0.1, 0.15) is 38.3 Å². The van der Waals surface area contributed by atoms with Gasteiger partial charge in [-0.2, -0.15) is 0 Å². The first-order valence-corrected chi connectivity index (χ1v) is 12.1. The molecule has 1 amide bonds. The summed E-state index contributed by atoms with van der Waals surface area (Å²) in [6.07, 6.45) is 3.53. The van der Waals surface area contributed by atoms with Crippen LogP contribution >= 0.6 is 11.3 Å². The smallest absolute Gasteiger partial charge is 0.264 e. The molecule has 1 aliphatic carbocycles. The van der Waals surface area contributed by atoms with Gasteiger partial charge in [0.25, 0.3) is 5.91 Å². The molecule has 2 aromatic carbocycles. The standard InChI is InChI=1S/C26H27FN2O2S/c27-24-7-2-1-4-22(24)16-28-10-12-29(13-11-28)26(30)25-14-19(18-32-25)17-31-23-9-8-20-5-3-6-21(20)15-23/h1-2,4,7-9,14-15,18H,3,5-6,10-13,16-17H2. The molecule has 2 aliphatic rings. The maximum Gasteiger partial charge on any atom is 0.264 e. The molecule has 0 saturated carbocycles. The molecule has 0 N–H and O–H groups in total. The molecular formula is C26H27FN2O2S. The molecule has 1 saturated heterocycles. The van der Waals surface area contributed by atoms with E-state index in [1.807, 2.05) is 34.5 Å². The lowest BCUT2D eigenvalue weighted by molar-refractivity contribution is 0.0631. The number of rotatable bonds is 6. The summed E-state index contributed by atoms with van der Waals surface area (Å²) >= 11 is 1.48. The van der Waals surface area contributed by atoms with Crippen LogP contribution in [-0.4, -0.2) is 41.9 Å². The van der Waals surface area contributed by atoms with E-state index in [4.69, 9.17) is 4.74 Å². The van der Waals surface area contributed by atoms with Crippen molar-refractivity contribution in [1.82, 2.24) is 9.80 Å². The van der Waals surface area contributed by atoms with Crippen molar-refractivity contribution in [3.8, 4) is 5.75 Å². The van der Waals surface area contributed by atoms with Gasteiger partial charge in [0.05, 0.1) is 4.88 Å². The van der Waals surface area contributed by atoms with E-state index < -0.39 is 0 Å². The first-order chi connectivity index (χ1) is 15.7. The Balaban J connectivity index is 1.13. The number of fused-ring (bicyclic) bond motifs is 1. The highest BCUT2D eigenvalue weighted by molar-refractivity contribution is 7.12. The molecular weight excluding hydrogens is 423 g/mol. The van der Waals surface area contributed by atoms with Crippen molar-refractivity contribution in [3.05, 3.63) is 86.9 Å². The number of halogens is 1. The number of carbonyl (C=O) groups excluding carboxylic acids is 1. The van der Waals surface area contributed by atoms with Crippen molar-refractivity contribution in [2.45, 2.75) is 32.4 Å². The first kappa shape index (κ1) is 21.2. The van der Waals surface area contributed by atoms with Crippen molar-refractivity contribution < 1.29 is 13.9 Å².